The zero-order chi connectivity index (χ0) is 21.5. The smallest absolute Gasteiger partial charge is 0.313 e. The third-order valence-corrected chi connectivity index (χ3v) is 5.73. The summed E-state index contributed by atoms with van der Waals surface area (Å²) >= 11 is 0. The third kappa shape index (κ3) is 7.64. The lowest BCUT2D eigenvalue weighted by atomic mass is 9.97. The Kier molecular flexibility index (Phi) is 10.0. The summed E-state index contributed by atoms with van der Waals surface area (Å²) in [7, 11) is 0. The first-order valence-corrected chi connectivity index (χ1v) is 11.1. The molecule has 0 saturated carbocycles. The molecule has 0 radical (unpaired) electrons. The van der Waals surface area contributed by atoms with Crippen LogP contribution in [0.15, 0.2) is 48.5 Å². The van der Waals surface area contributed by atoms with Gasteiger partial charge in [-0.3, -0.25) is 9.69 Å². The van der Waals surface area contributed by atoms with E-state index in [0.29, 0.717) is 19.1 Å². The molecule has 2 aromatic rings. The van der Waals surface area contributed by atoms with Gasteiger partial charge >= 0.3 is 5.97 Å². The molecular weight excluding hydrogens is 410 g/mol. The Balaban J connectivity index is 0.00000341. The Morgan fingerprint density at radius 2 is 1.77 bits per heavy atom. The summed E-state index contributed by atoms with van der Waals surface area (Å²) in [4.78, 5) is 14.8. The zero-order valence-electron chi connectivity index (χ0n) is 19.2. The molecule has 1 aliphatic heterocycles. The Morgan fingerprint density at radius 1 is 1.10 bits per heavy atom. The molecule has 3 rings (SSSR count). The minimum Gasteiger partial charge on any atom is -0.464 e. The molecular formula is C26H36ClNO3. The number of carbonyl (C=O) groups excluding carboxylic acids is 1. The summed E-state index contributed by atoms with van der Waals surface area (Å²) in [5.41, 5.74) is 4.78. The molecule has 1 fully saturated rings. The summed E-state index contributed by atoms with van der Waals surface area (Å²) < 4.78 is 11.5. The number of halogens is 1. The van der Waals surface area contributed by atoms with Crippen LogP contribution in [0.2, 0.25) is 0 Å². The van der Waals surface area contributed by atoms with Gasteiger partial charge in [0.25, 0.3) is 0 Å². The average molecular weight is 446 g/mol. The van der Waals surface area contributed by atoms with E-state index in [2.05, 4.69) is 74.2 Å². The molecule has 2 unspecified atom stereocenters. The lowest BCUT2D eigenvalue weighted by Crippen LogP contribution is -2.40. The molecule has 0 aromatic heterocycles. The van der Waals surface area contributed by atoms with Gasteiger partial charge in [0.2, 0.25) is 0 Å². The molecule has 1 saturated heterocycles. The second-order valence-corrected chi connectivity index (χ2v) is 8.80. The van der Waals surface area contributed by atoms with Gasteiger partial charge < -0.3 is 9.47 Å². The first-order chi connectivity index (χ1) is 14.4. The van der Waals surface area contributed by atoms with E-state index in [-0.39, 0.29) is 30.4 Å². The van der Waals surface area contributed by atoms with E-state index in [4.69, 9.17) is 9.47 Å². The topological polar surface area (TPSA) is 38.8 Å². The largest absolute Gasteiger partial charge is 0.464 e. The summed E-state index contributed by atoms with van der Waals surface area (Å²) in [6.45, 7) is 12.0. The Hall–Kier alpha value is -1.88. The highest BCUT2D eigenvalue weighted by atomic mass is 35.5. The molecule has 0 aliphatic carbocycles. The zero-order valence-corrected chi connectivity index (χ0v) is 20.0. The highest BCUT2D eigenvalue weighted by molar-refractivity contribution is 5.85. The van der Waals surface area contributed by atoms with Crippen molar-refractivity contribution in [1.82, 2.24) is 4.90 Å². The van der Waals surface area contributed by atoms with E-state index in [1.807, 2.05) is 6.92 Å². The van der Waals surface area contributed by atoms with E-state index < -0.39 is 0 Å². The number of carbonyl (C=O) groups is 1. The predicted octanol–water partition coefficient (Wildman–Crippen LogP) is 5.34. The van der Waals surface area contributed by atoms with Gasteiger partial charge in [0.15, 0.2) is 0 Å². The molecule has 31 heavy (non-hydrogen) atoms. The molecule has 1 heterocycles. The number of nitrogens with zero attached hydrogens (tertiary/aromatic N) is 1. The third-order valence-electron chi connectivity index (χ3n) is 5.73. The van der Waals surface area contributed by atoms with Crippen molar-refractivity contribution in [1.29, 1.82) is 0 Å². The van der Waals surface area contributed by atoms with Gasteiger partial charge in [-0.1, -0.05) is 67.9 Å². The van der Waals surface area contributed by atoms with Crippen LogP contribution in [-0.2, 0) is 20.7 Å². The van der Waals surface area contributed by atoms with Crippen LogP contribution >= 0.6 is 12.4 Å². The van der Waals surface area contributed by atoms with Crippen LogP contribution < -0.4 is 0 Å². The van der Waals surface area contributed by atoms with Crippen molar-refractivity contribution < 1.29 is 14.3 Å². The molecule has 0 amide bonds. The van der Waals surface area contributed by atoms with Gasteiger partial charge in [-0.15, -0.1) is 12.4 Å². The van der Waals surface area contributed by atoms with Gasteiger partial charge in [0.05, 0.1) is 18.6 Å². The SMILES string of the molecule is Cc1ccc(C2CN(CCOC(=O)C(C)c3ccc(CC(C)C)cc3)CCO2)cc1.Cl. The molecule has 2 atom stereocenters. The van der Waals surface area contributed by atoms with Crippen molar-refractivity contribution in [3.8, 4) is 0 Å². The number of rotatable bonds is 8. The van der Waals surface area contributed by atoms with Crippen LogP contribution in [0.1, 0.15) is 55.0 Å². The van der Waals surface area contributed by atoms with Crippen LogP contribution in [0.5, 0.6) is 0 Å². The van der Waals surface area contributed by atoms with Crippen LogP contribution in [0, 0.1) is 12.8 Å². The van der Waals surface area contributed by atoms with Gasteiger partial charge in [-0.2, -0.15) is 0 Å². The quantitative estimate of drug-likeness (QED) is 0.514. The van der Waals surface area contributed by atoms with Crippen molar-refractivity contribution >= 4 is 18.4 Å². The number of morpholine rings is 1. The second-order valence-electron chi connectivity index (χ2n) is 8.80. The van der Waals surface area contributed by atoms with Gasteiger partial charge in [0, 0.05) is 19.6 Å². The van der Waals surface area contributed by atoms with Gasteiger partial charge in [-0.25, -0.2) is 0 Å². The molecule has 0 spiro atoms. The van der Waals surface area contributed by atoms with Gasteiger partial charge in [0.1, 0.15) is 6.61 Å². The summed E-state index contributed by atoms with van der Waals surface area (Å²) in [6.07, 6.45) is 1.14. The van der Waals surface area contributed by atoms with E-state index in [9.17, 15) is 4.79 Å². The first kappa shape index (κ1) is 25.4. The van der Waals surface area contributed by atoms with Crippen LogP contribution in [0.4, 0.5) is 0 Å². The van der Waals surface area contributed by atoms with E-state index in [1.54, 1.807) is 0 Å². The predicted molar refractivity (Wildman–Crippen MR) is 128 cm³/mol. The van der Waals surface area contributed by atoms with E-state index >= 15 is 0 Å². The van der Waals surface area contributed by atoms with Gasteiger partial charge in [-0.05, 0) is 42.9 Å². The maximum atomic E-state index is 12.5. The lowest BCUT2D eigenvalue weighted by Gasteiger charge is -2.33. The van der Waals surface area contributed by atoms with Crippen LogP contribution in [-0.4, -0.2) is 43.7 Å². The molecule has 0 N–H and O–H groups in total. The molecule has 0 bridgehead atoms. The fraction of sp³-hybridized carbons (Fsp3) is 0.500. The number of benzene rings is 2. The molecule has 5 heteroatoms. The minimum absolute atomic E-state index is 0. The van der Waals surface area contributed by atoms with Crippen molar-refractivity contribution in [3.05, 3.63) is 70.8 Å². The second kappa shape index (κ2) is 12.2. The maximum Gasteiger partial charge on any atom is 0.313 e. The van der Waals surface area contributed by atoms with Crippen molar-refractivity contribution in [2.24, 2.45) is 5.92 Å². The standard InChI is InChI=1S/C26H35NO3.ClH/c1-19(2)17-22-7-11-23(12-8-22)21(4)26(28)30-16-14-27-13-15-29-25(18-27)24-9-5-20(3)6-10-24;/h5-12,19,21,25H,13-18H2,1-4H3;1H. The van der Waals surface area contributed by atoms with Crippen molar-refractivity contribution in [3.63, 3.8) is 0 Å². The average Bonchev–Trinajstić information content (AvgIpc) is 2.74. The molecule has 2 aromatic carbocycles. The van der Waals surface area contributed by atoms with E-state index in [1.165, 1.54) is 16.7 Å². The van der Waals surface area contributed by atoms with Crippen LogP contribution in [0.3, 0.4) is 0 Å². The Bertz CT molecular complexity index is 804. The molecule has 1 aliphatic rings. The van der Waals surface area contributed by atoms with Crippen molar-refractivity contribution in [2.45, 2.75) is 46.1 Å². The number of hydrogen-bond donors (Lipinski definition) is 0. The summed E-state index contributed by atoms with van der Waals surface area (Å²) in [5, 5.41) is 0. The monoisotopic (exact) mass is 445 g/mol. The van der Waals surface area contributed by atoms with Crippen molar-refractivity contribution in [2.75, 3.05) is 32.8 Å². The maximum absolute atomic E-state index is 12.5. The number of esters is 1. The number of hydrogen-bond acceptors (Lipinski definition) is 4. The minimum atomic E-state index is -0.247. The summed E-state index contributed by atoms with van der Waals surface area (Å²) in [5.74, 6) is 0.224. The molecule has 170 valence electrons. The number of ether oxygens (including phenoxy) is 2. The number of aryl methyl sites for hydroxylation is 1. The van der Waals surface area contributed by atoms with E-state index in [0.717, 1.165) is 31.6 Å². The molecule has 4 nitrogen and oxygen atoms in total. The Labute approximate surface area is 193 Å². The highest BCUT2D eigenvalue weighted by Gasteiger charge is 2.23. The Morgan fingerprint density at radius 3 is 2.42 bits per heavy atom. The van der Waals surface area contributed by atoms with Crippen LogP contribution in [0.25, 0.3) is 0 Å². The first-order valence-electron chi connectivity index (χ1n) is 11.1. The fourth-order valence-corrected chi connectivity index (χ4v) is 3.84. The highest BCUT2D eigenvalue weighted by Crippen LogP contribution is 2.23. The summed E-state index contributed by atoms with van der Waals surface area (Å²) in [6, 6.07) is 16.9. The lowest BCUT2D eigenvalue weighted by molar-refractivity contribution is -0.146. The fourth-order valence-electron chi connectivity index (χ4n) is 3.84. The normalized spacial score (nSPS) is 17.8.